The molecule has 0 atom stereocenters. The number of nitrogen functional groups attached to an aromatic ring is 1. The first-order valence-electron chi connectivity index (χ1n) is 7.81. The second kappa shape index (κ2) is 4.24. The third kappa shape index (κ3) is 2.00. The summed E-state index contributed by atoms with van der Waals surface area (Å²) in [6, 6.07) is 6.39. The number of ketones is 1. The summed E-state index contributed by atoms with van der Waals surface area (Å²) in [5.74, 6) is 1.19. The summed E-state index contributed by atoms with van der Waals surface area (Å²) < 4.78 is 0. The Kier molecular flexibility index (Phi) is 2.60. The van der Waals surface area contributed by atoms with Crippen LogP contribution in [0.3, 0.4) is 0 Å². The predicted molar refractivity (Wildman–Crippen MR) is 81.0 cm³/mol. The molecule has 2 aliphatic carbocycles. The first-order chi connectivity index (χ1) is 9.65. The van der Waals surface area contributed by atoms with E-state index in [1.807, 2.05) is 6.07 Å². The Labute approximate surface area is 120 Å². The predicted octanol–water partition coefficient (Wildman–Crippen LogP) is 3.10. The Bertz CT molecular complexity index is 544. The van der Waals surface area contributed by atoms with Gasteiger partial charge in [0, 0.05) is 42.7 Å². The van der Waals surface area contributed by atoms with Gasteiger partial charge >= 0.3 is 0 Å². The van der Waals surface area contributed by atoms with E-state index in [-0.39, 0.29) is 0 Å². The van der Waals surface area contributed by atoms with E-state index in [0.717, 1.165) is 50.4 Å². The van der Waals surface area contributed by atoms with E-state index in [1.165, 1.54) is 24.1 Å². The average molecular weight is 270 g/mol. The zero-order chi connectivity index (χ0) is 13.7. The van der Waals surface area contributed by atoms with Crippen molar-refractivity contribution in [2.24, 2.45) is 5.41 Å². The van der Waals surface area contributed by atoms with Crippen LogP contribution in [0.1, 0.15) is 50.0 Å². The molecule has 1 aromatic carbocycles. The second-order valence-electron chi connectivity index (χ2n) is 6.99. The lowest BCUT2D eigenvalue weighted by atomic mass is 9.68. The Hall–Kier alpha value is -1.51. The molecule has 3 aliphatic rings. The molecular formula is C17H22N2O. The zero-order valence-electron chi connectivity index (χ0n) is 11.9. The highest BCUT2D eigenvalue weighted by Gasteiger charge is 2.45. The normalized spacial score (nSPS) is 24.8. The first kappa shape index (κ1) is 12.2. The molecule has 1 heterocycles. The van der Waals surface area contributed by atoms with Crippen LogP contribution in [0.2, 0.25) is 0 Å². The van der Waals surface area contributed by atoms with E-state index in [0.29, 0.717) is 11.2 Å². The Morgan fingerprint density at radius 1 is 1.15 bits per heavy atom. The van der Waals surface area contributed by atoms with E-state index in [4.69, 9.17) is 5.73 Å². The Morgan fingerprint density at radius 2 is 1.85 bits per heavy atom. The smallest absolute Gasteiger partial charge is 0.132 e. The molecule has 1 aromatic rings. The minimum Gasteiger partial charge on any atom is -0.399 e. The molecule has 0 unspecified atom stereocenters. The van der Waals surface area contributed by atoms with Crippen LogP contribution in [0, 0.1) is 5.41 Å². The van der Waals surface area contributed by atoms with Crippen LogP contribution in [-0.2, 0) is 4.79 Å². The number of nitrogens with zero attached hydrogens (tertiary/aromatic N) is 1. The summed E-state index contributed by atoms with van der Waals surface area (Å²) in [5, 5.41) is 0. The van der Waals surface area contributed by atoms with Crippen LogP contribution in [0.4, 0.5) is 11.4 Å². The van der Waals surface area contributed by atoms with E-state index < -0.39 is 0 Å². The summed E-state index contributed by atoms with van der Waals surface area (Å²) in [4.78, 5) is 13.9. The van der Waals surface area contributed by atoms with Crippen LogP contribution in [0.25, 0.3) is 0 Å². The number of benzene rings is 1. The third-order valence-corrected chi connectivity index (χ3v) is 5.33. The number of nitrogens with two attached hydrogens (primary N) is 1. The molecule has 0 bridgehead atoms. The van der Waals surface area contributed by atoms with Crippen LogP contribution >= 0.6 is 0 Å². The molecule has 1 spiro atoms. The van der Waals surface area contributed by atoms with Gasteiger partial charge in [-0.2, -0.15) is 0 Å². The van der Waals surface area contributed by atoms with Gasteiger partial charge in [0.15, 0.2) is 0 Å². The van der Waals surface area contributed by atoms with Crippen molar-refractivity contribution < 1.29 is 4.79 Å². The van der Waals surface area contributed by atoms with Gasteiger partial charge in [-0.1, -0.05) is 0 Å². The van der Waals surface area contributed by atoms with Crippen molar-refractivity contribution >= 4 is 17.2 Å². The van der Waals surface area contributed by atoms with Crippen LogP contribution < -0.4 is 10.6 Å². The van der Waals surface area contributed by atoms with Crippen molar-refractivity contribution in [2.75, 3.05) is 23.7 Å². The highest BCUT2D eigenvalue weighted by molar-refractivity contribution is 5.79. The van der Waals surface area contributed by atoms with Gasteiger partial charge in [0.1, 0.15) is 5.78 Å². The maximum absolute atomic E-state index is 11.4. The molecule has 20 heavy (non-hydrogen) atoms. The van der Waals surface area contributed by atoms with Crippen LogP contribution in [0.15, 0.2) is 18.2 Å². The minimum absolute atomic E-state index is 0.427. The Balaban J connectivity index is 1.52. The molecule has 0 amide bonds. The standard InChI is InChI=1S/C17H22N2O/c18-13-3-4-16(15(9-13)12-1-2-12)19-10-17(11-19)7-5-14(20)6-8-17/h3-4,9,12H,1-2,5-8,10-11,18H2. The lowest BCUT2D eigenvalue weighted by molar-refractivity contribution is -0.122. The molecule has 0 radical (unpaired) electrons. The van der Waals surface area contributed by atoms with Crippen molar-refractivity contribution in [1.82, 2.24) is 0 Å². The maximum atomic E-state index is 11.4. The van der Waals surface area contributed by atoms with E-state index in [9.17, 15) is 4.79 Å². The fourth-order valence-corrected chi connectivity index (χ4v) is 3.89. The molecule has 4 rings (SSSR count). The van der Waals surface area contributed by atoms with E-state index >= 15 is 0 Å². The molecule has 0 aromatic heterocycles. The van der Waals surface area contributed by atoms with Gasteiger partial charge in [0.05, 0.1) is 0 Å². The number of carbonyl (C=O) groups is 1. The molecule has 2 N–H and O–H groups in total. The monoisotopic (exact) mass is 270 g/mol. The topological polar surface area (TPSA) is 46.3 Å². The summed E-state index contributed by atoms with van der Waals surface area (Å²) in [5.41, 5.74) is 10.1. The van der Waals surface area contributed by atoms with E-state index in [2.05, 4.69) is 17.0 Å². The van der Waals surface area contributed by atoms with E-state index in [1.54, 1.807) is 0 Å². The third-order valence-electron chi connectivity index (χ3n) is 5.33. The number of hydrogen-bond acceptors (Lipinski definition) is 3. The van der Waals surface area contributed by atoms with Crippen molar-refractivity contribution in [3.63, 3.8) is 0 Å². The molecule has 1 aliphatic heterocycles. The number of Topliss-reactive ketones (excluding diaryl/α,β-unsaturated/α-hetero) is 1. The largest absolute Gasteiger partial charge is 0.399 e. The molecule has 106 valence electrons. The number of carbonyl (C=O) groups excluding carboxylic acids is 1. The number of anilines is 2. The molecular weight excluding hydrogens is 248 g/mol. The number of hydrogen-bond donors (Lipinski definition) is 1. The summed E-state index contributed by atoms with van der Waals surface area (Å²) in [7, 11) is 0. The fourth-order valence-electron chi connectivity index (χ4n) is 3.89. The second-order valence-corrected chi connectivity index (χ2v) is 6.99. The maximum Gasteiger partial charge on any atom is 0.132 e. The summed E-state index contributed by atoms with van der Waals surface area (Å²) in [6.07, 6.45) is 6.40. The van der Waals surface area contributed by atoms with Crippen molar-refractivity contribution in [3.8, 4) is 0 Å². The summed E-state index contributed by atoms with van der Waals surface area (Å²) in [6.45, 7) is 2.26. The Morgan fingerprint density at radius 3 is 2.50 bits per heavy atom. The van der Waals surface area contributed by atoms with Gasteiger partial charge in [-0.15, -0.1) is 0 Å². The molecule has 1 saturated heterocycles. The zero-order valence-corrected chi connectivity index (χ0v) is 11.9. The quantitative estimate of drug-likeness (QED) is 0.840. The van der Waals surface area contributed by atoms with Crippen molar-refractivity contribution in [1.29, 1.82) is 0 Å². The lowest BCUT2D eigenvalue weighted by Crippen LogP contribution is -2.58. The summed E-state index contributed by atoms with van der Waals surface area (Å²) >= 11 is 0. The van der Waals surface area contributed by atoms with Gasteiger partial charge < -0.3 is 10.6 Å². The molecule has 3 fully saturated rings. The van der Waals surface area contributed by atoms with Gasteiger partial charge in [0.25, 0.3) is 0 Å². The van der Waals surface area contributed by atoms with Crippen LogP contribution in [-0.4, -0.2) is 18.9 Å². The molecule has 3 heteroatoms. The van der Waals surface area contributed by atoms with Crippen molar-refractivity contribution in [3.05, 3.63) is 23.8 Å². The highest BCUT2D eigenvalue weighted by atomic mass is 16.1. The molecule has 3 nitrogen and oxygen atoms in total. The van der Waals surface area contributed by atoms with Gasteiger partial charge in [-0.3, -0.25) is 4.79 Å². The fraction of sp³-hybridized carbons (Fsp3) is 0.588. The minimum atomic E-state index is 0.427. The van der Waals surface area contributed by atoms with Crippen molar-refractivity contribution in [2.45, 2.75) is 44.4 Å². The lowest BCUT2D eigenvalue weighted by Gasteiger charge is -2.53. The van der Waals surface area contributed by atoms with Gasteiger partial charge in [0.2, 0.25) is 0 Å². The highest BCUT2D eigenvalue weighted by Crippen LogP contribution is 2.50. The van der Waals surface area contributed by atoms with Crippen LogP contribution in [0.5, 0.6) is 0 Å². The first-order valence-corrected chi connectivity index (χ1v) is 7.81. The SMILES string of the molecule is Nc1ccc(N2CC3(CCC(=O)CC3)C2)c(C2CC2)c1. The van der Waals surface area contributed by atoms with Gasteiger partial charge in [-0.05, 0) is 55.4 Å². The van der Waals surface area contributed by atoms with Gasteiger partial charge in [-0.25, -0.2) is 0 Å². The molecule has 2 saturated carbocycles. The average Bonchev–Trinajstić information content (AvgIpc) is 3.22. The number of rotatable bonds is 2.